The zero-order chi connectivity index (χ0) is 18.6. The number of benzene rings is 2. The SMILES string of the molecule is COc1ccccc1N1CCN(Cc2nc(-c3ccc(F)cc3)no2)CC1. The highest BCUT2D eigenvalue weighted by Gasteiger charge is 2.21. The van der Waals surface area contributed by atoms with Gasteiger partial charge in [-0.3, -0.25) is 4.90 Å². The number of rotatable bonds is 5. The molecule has 2 heterocycles. The van der Waals surface area contributed by atoms with E-state index < -0.39 is 0 Å². The third kappa shape index (κ3) is 3.93. The van der Waals surface area contributed by atoms with Gasteiger partial charge in [-0.1, -0.05) is 17.3 Å². The van der Waals surface area contributed by atoms with Crippen LogP contribution in [0, 0.1) is 5.82 Å². The fourth-order valence-electron chi connectivity index (χ4n) is 3.26. The number of ether oxygens (including phenoxy) is 1. The number of halogens is 1. The number of para-hydroxylation sites is 2. The Kier molecular flexibility index (Phi) is 5.02. The van der Waals surface area contributed by atoms with E-state index in [4.69, 9.17) is 9.26 Å². The van der Waals surface area contributed by atoms with Crippen molar-refractivity contribution in [3.63, 3.8) is 0 Å². The van der Waals surface area contributed by atoms with Crippen molar-refractivity contribution in [3.05, 3.63) is 60.2 Å². The van der Waals surface area contributed by atoms with Gasteiger partial charge in [-0.15, -0.1) is 0 Å². The second-order valence-electron chi connectivity index (χ2n) is 6.45. The van der Waals surface area contributed by atoms with Crippen molar-refractivity contribution in [3.8, 4) is 17.1 Å². The molecule has 1 aliphatic heterocycles. The van der Waals surface area contributed by atoms with Crippen molar-refractivity contribution in [1.82, 2.24) is 15.0 Å². The predicted molar refractivity (Wildman–Crippen MR) is 100 cm³/mol. The van der Waals surface area contributed by atoms with Gasteiger partial charge < -0.3 is 14.2 Å². The fourth-order valence-corrected chi connectivity index (χ4v) is 3.26. The van der Waals surface area contributed by atoms with Gasteiger partial charge in [0.15, 0.2) is 0 Å². The molecule has 0 bridgehead atoms. The first-order valence-electron chi connectivity index (χ1n) is 8.92. The molecule has 0 N–H and O–H groups in total. The van der Waals surface area contributed by atoms with Crippen molar-refractivity contribution in [1.29, 1.82) is 0 Å². The van der Waals surface area contributed by atoms with Crippen molar-refractivity contribution in [2.75, 3.05) is 38.2 Å². The lowest BCUT2D eigenvalue weighted by atomic mass is 10.2. The molecule has 2 aromatic carbocycles. The highest BCUT2D eigenvalue weighted by atomic mass is 19.1. The Morgan fingerprint density at radius 3 is 2.52 bits per heavy atom. The van der Waals surface area contributed by atoms with Crippen LogP contribution >= 0.6 is 0 Å². The van der Waals surface area contributed by atoms with Crippen molar-refractivity contribution in [2.24, 2.45) is 0 Å². The summed E-state index contributed by atoms with van der Waals surface area (Å²) >= 11 is 0. The van der Waals surface area contributed by atoms with Crippen molar-refractivity contribution in [2.45, 2.75) is 6.54 Å². The molecule has 1 aromatic heterocycles. The van der Waals surface area contributed by atoms with E-state index >= 15 is 0 Å². The summed E-state index contributed by atoms with van der Waals surface area (Å²) in [6, 6.07) is 14.2. The molecule has 1 saturated heterocycles. The molecular formula is C20H21FN4O2. The van der Waals surface area contributed by atoms with E-state index in [2.05, 4.69) is 26.0 Å². The van der Waals surface area contributed by atoms with Crippen LogP contribution in [-0.2, 0) is 6.54 Å². The second-order valence-corrected chi connectivity index (χ2v) is 6.45. The quantitative estimate of drug-likeness (QED) is 0.689. The molecule has 0 spiro atoms. The average Bonchev–Trinajstić information content (AvgIpc) is 3.17. The van der Waals surface area contributed by atoms with Crippen LogP contribution in [0.1, 0.15) is 5.89 Å². The molecule has 0 atom stereocenters. The van der Waals surface area contributed by atoms with Crippen LogP contribution < -0.4 is 9.64 Å². The molecule has 27 heavy (non-hydrogen) atoms. The maximum Gasteiger partial charge on any atom is 0.241 e. The molecule has 0 unspecified atom stereocenters. The lowest BCUT2D eigenvalue weighted by Gasteiger charge is -2.35. The molecule has 1 aliphatic rings. The van der Waals surface area contributed by atoms with Gasteiger partial charge in [-0.05, 0) is 36.4 Å². The number of nitrogens with zero attached hydrogens (tertiary/aromatic N) is 4. The van der Waals surface area contributed by atoms with Crippen LogP contribution in [0.5, 0.6) is 5.75 Å². The predicted octanol–water partition coefficient (Wildman–Crippen LogP) is 3.21. The molecule has 0 aliphatic carbocycles. The summed E-state index contributed by atoms with van der Waals surface area (Å²) in [4.78, 5) is 9.05. The Morgan fingerprint density at radius 1 is 1.04 bits per heavy atom. The normalized spacial score (nSPS) is 15.1. The number of methoxy groups -OCH3 is 1. The average molecular weight is 368 g/mol. The highest BCUT2D eigenvalue weighted by molar-refractivity contribution is 5.58. The zero-order valence-corrected chi connectivity index (χ0v) is 15.1. The maximum absolute atomic E-state index is 13.0. The van der Waals surface area contributed by atoms with Crippen LogP contribution in [0.25, 0.3) is 11.4 Å². The van der Waals surface area contributed by atoms with E-state index in [0.29, 0.717) is 18.3 Å². The summed E-state index contributed by atoms with van der Waals surface area (Å²) in [6.07, 6.45) is 0. The van der Waals surface area contributed by atoms with Crippen molar-refractivity contribution < 1.29 is 13.7 Å². The van der Waals surface area contributed by atoms with Gasteiger partial charge in [0.1, 0.15) is 11.6 Å². The monoisotopic (exact) mass is 368 g/mol. The Bertz CT molecular complexity index is 889. The number of aromatic nitrogens is 2. The van der Waals surface area contributed by atoms with Gasteiger partial charge in [0.05, 0.1) is 19.3 Å². The summed E-state index contributed by atoms with van der Waals surface area (Å²) < 4.78 is 23.9. The molecule has 7 heteroatoms. The van der Waals surface area contributed by atoms with E-state index in [-0.39, 0.29) is 5.82 Å². The molecule has 1 fully saturated rings. The molecule has 0 amide bonds. The summed E-state index contributed by atoms with van der Waals surface area (Å²) in [6.45, 7) is 4.20. The Labute approximate surface area is 157 Å². The number of hydrogen-bond acceptors (Lipinski definition) is 6. The smallest absolute Gasteiger partial charge is 0.241 e. The first-order chi connectivity index (χ1) is 13.2. The van der Waals surface area contributed by atoms with Crippen LogP contribution in [0.3, 0.4) is 0 Å². The molecule has 140 valence electrons. The van der Waals surface area contributed by atoms with E-state index in [9.17, 15) is 4.39 Å². The van der Waals surface area contributed by atoms with Gasteiger partial charge in [0, 0.05) is 31.7 Å². The number of hydrogen-bond donors (Lipinski definition) is 0. The standard InChI is InChI=1S/C20H21FN4O2/c1-26-18-5-3-2-4-17(18)25-12-10-24(11-13-25)14-19-22-20(23-27-19)15-6-8-16(21)9-7-15/h2-9H,10-14H2,1H3. The van der Waals surface area contributed by atoms with Crippen LogP contribution in [0.4, 0.5) is 10.1 Å². The topological polar surface area (TPSA) is 54.6 Å². The lowest BCUT2D eigenvalue weighted by Crippen LogP contribution is -2.46. The minimum Gasteiger partial charge on any atom is -0.495 e. The van der Waals surface area contributed by atoms with Crippen LogP contribution in [0.2, 0.25) is 0 Å². The zero-order valence-electron chi connectivity index (χ0n) is 15.1. The van der Waals surface area contributed by atoms with Gasteiger partial charge >= 0.3 is 0 Å². The Balaban J connectivity index is 1.36. The molecule has 0 radical (unpaired) electrons. The first kappa shape index (κ1) is 17.5. The molecule has 0 saturated carbocycles. The second kappa shape index (κ2) is 7.75. The fraction of sp³-hybridized carbons (Fsp3) is 0.300. The number of piperazine rings is 1. The van der Waals surface area contributed by atoms with Crippen LogP contribution in [-0.4, -0.2) is 48.3 Å². The summed E-state index contributed by atoms with van der Waals surface area (Å²) in [5.74, 6) is 1.67. The van der Waals surface area contributed by atoms with E-state index in [1.54, 1.807) is 19.2 Å². The summed E-state index contributed by atoms with van der Waals surface area (Å²) in [5.41, 5.74) is 1.86. The van der Waals surface area contributed by atoms with Gasteiger partial charge in [-0.25, -0.2) is 4.39 Å². The minimum atomic E-state index is -0.282. The maximum atomic E-state index is 13.0. The van der Waals surface area contributed by atoms with Gasteiger partial charge in [-0.2, -0.15) is 4.98 Å². The molecule has 3 aromatic rings. The minimum absolute atomic E-state index is 0.282. The van der Waals surface area contributed by atoms with Crippen molar-refractivity contribution >= 4 is 5.69 Å². The van der Waals surface area contributed by atoms with Gasteiger partial charge in [0.25, 0.3) is 0 Å². The summed E-state index contributed by atoms with van der Waals surface area (Å²) in [7, 11) is 1.70. The third-order valence-electron chi connectivity index (χ3n) is 4.73. The Hall–Kier alpha value is -2.93. The third-order valence-corrected chi connectivity index (χ3v) is 4.73. The van der Waals surface area contributed by atoms with E-state index in [1.807, 2.05) is 18.2 Å². The molecular weight excluding hydrogens is 347 g/mol. The first-order valence-corrected chi connectivity index (χ1v) is 8.92. The Morgan fingerprint density at radius 2 is 1.78 bits per heavy atom. The number of anilines is 1. The van der Waals surface area contributed by atoms with E-state index in [1.165, 1.54) is 12.1 Å². The molecule has 4 rings (SSSR count). The largest absolute Gasteiger partial charge is 0.495 e. The summed E-state index contributed by atoms with van der Waals surface area (Å²) in [5, 5.41) is 4.00. The molecule has 6 nitrogen and oxygen atoms in total. The highest BCUT2D eigenvalue weighted by Crippen LogP contribution is 2.28. The van der Waals surface area contributed by atoms with Crippen LogP contribution in [0.15, 0.2) is 53.1 Å². The lowest BCUT2D eigenvalue weighted by molar-refractivity contribution is 0.215. The van der Waals surface area contributed by atoms with E-state index in [0.717, 1.165) is 43.2 Å². The van der Waals surface area contributed by atoms with Gasteiger partial charge in [0.2, 0.25) is 11.7 Å².